The van der Waals surface area contributed by atoms with Gasteiger partial charge in [-0.05, 0) is 38.0 Å². The standard InChI is InChI=1S/C17H29NO3/c1-2-3-4-5-6-7-16(19)18-14-8-9-15(18)11-13(10-14)12-17(20)21/h13-15H,2-12H2,1H3,(H,20,21). The molecule has 0 radical (unpaired) electrons. The predicted octanol–water partition coefficient (Wildman–Crippen LogP) is 3.59. The van der Waals surface area contributed by atoms with E-state index in [9.17, 15) is 9.59 Å². The highest BCUT2D eigenvalue weighted by molar-refractivity contribution is 5.77. The lowest BCUT2D eigenvalue weighted by Crippen LogP contribution is -2.46. The monoisotopic (exact) mass is 295 g/mol. The molecule has 2 saturated heterocycles. The zero-order chi connectivity index (χ0) is 15.2. The van der Waals surface area contributed by atoms with Gasteiger partial charge in [-0.3, -0.25) is 9.59 Å². The number of carbonyl (C=O) groups excluding carboxylic acids is 1. The Morgan fingerprint density at radius 1 is 1.05 bits per heavy atom. The van der Waals surface area contributed by atoms with Gasteiger partial charge in [0.05, 0.1) is 0 Å². The Balaban J connectivity index is 1.77. The highest BCUT2D eigenvalue weighted by atomic mass is 16.4. The number of piperidine rings is 1. The van der Waals surface area contributed by atoms with E-state index in [0.717, 1.165) is 38.5 Å². The van der Waals surface area contributed by atoms with Gasteiger partial charge in [0.2, 0.25) is 5.91 Å². The molecule has 120 valence electrons. The summed E-state index contributed by atoms with van der Waals surface area (Å²) in [5.74, 6) is -0.114. The van der Waals surface area contributed by atoms with Crippen LogP contribution in [0.15, 0.2) is 0 Å². The summed E-state index contributed by atoms with van der Waals surface area (Å²) in [6.07, 6.45) is 10.8. The van der Waals surface area contributed by atoms with E-state index in [0.29, 0.717) is 24.4 Å². The molecule has 4 nitrogen and oxygen atoms in total. The average molecular weight is 295 g/mol. The zero-order valence-electron chi connectivity index (χ0n) is 13.2. The van der Waals surface area contributed by atoms with E-state index < -0.39 is 5.97 Å². The number of aliphatic carboxylic acids is 1. The summed E-state index contributed by atoms with van der Waals surface area (Å²) in [5, 5.41) is 8.94. The number of fused-ring (bicyclic) bond motifs is 2. The molecule has 2 bridgehead atoms. The Morgan fingerprint density at radius 3 is 2.24 bits per heavy atom. The van der Waals surface area contributed by atoms with Crippen molar-refractivity contribution in [2.45, 2.75) is 89.6 Å². The lowest BCUT2D eigenvalue weighted by Gasteiger charge is -2.38. The molecule has 2 rings (SSSR count). The Kier molecular flexibility index (Phi) is 6.07. The maximum Gasteiger partial charge on any atom is 0.303 e. The third-order valence-corrected chi connectivity index (χ3v) is 5.08. The molecule has 0 aromatic carbocycles. The Bertz CT molecular complexity index is 355. The molecule has 0 aromatic rings. The third kappa shape index (κ3) is 4.45. The Hall–Kier alpha value is -1.06. The largest absolute Gasteiger partial charge is 0.481 e. The second-order valence-corrected chi connectivity index (χ2v) is 6.79. The van der Waals surface area contributed by atoms with Crippen LogP contribution in [-0.4, -0.2) is 34.0 Å². The summed E-state index contributed by atoms with van der Waals surface area (Å²) in [6, 6.07) is 0.632. The smallest absolute Gasteiger partial charge is 0.303 e. The highest BCUT2D eigenvalue weighted by Gasteiger charge is 2.43. The summed E-state index contributed by atoms with van der Waals surface area (Å²) in [6.45, 7) is 2.20. The van der Waals surface area contributed by atoms with Gasteiger partial charge in [-0.25, -0.2) is 0 Å². The molecular formula is C17H29NO3. The fourth-order valence-corrected chi connectivity index (χ4v) is 4.12. The molecule has 2 unspecified atom stereocenters. The van der Waals surface area contributed by atoms with Crippen LogP contribution in [0.25, 0.3) is 0 Å². The molecule has 4 heteroatoms. The van der Waals surface area contributed by atoms with Crippen LogP contribution in [0.5, 0.6) is 0 Å². The Morgan fingerprint density at radius 2 is 1.67 bits per heavy atom. The molecule has 1 N–H and O–H groups in total. The van der Waals surface area contributed by atoms with Crippen LogP contribution in [0.4, 0.5) is 0 Å². The third-order valence-electron chi connectivity index (χ3n) is 5.08. The van der Waals surface area contributed by atoms with Gasteiger partial charge in [0.15, 0.2) is 0 Å². The number of carbonyl (C=O) groups is 2. The minimum absolute atomic E-state index is 0.270. The quantitative estimate of drug-likeness (QED) is 0.696. The van der Waals surface area contributed by atoms with Gasteiger partial charge in [0.1, 0.15) is 0 Å². The topological polar surface area (TPSA) is 57.6 Å². The van der Waals surface area contributed by atoms with E-state index in [-0.39, 0.29) is 12.3 Å². The predicted molar refractivity (Wildman–Crippen MR) is 82.0 cm³/mol. The second kappa shape index (κ2) is 7.81. The van der Waals surface area contributed by atoms with Gasteiger partial charge < -0.3 is 10.0 Å². The molecule has 2 aliphatic heterocycles. The lowest BCUT2D eigenvalue weighted by molar-refractivity contribution is -0.140. The van der Waals surface area contributed by atoms with Gasteiger partial charge in [-0.2, -0.15) is 0 Å². The van der Waals surface area contributed by atoms with Gasteiger partial charge in [-0.15, -0.1) is 0 Å². The molecule has 2 fully saturated rings. The fourth-order valence-electron chi connectivity index (χ4n) is 4.12. The maximum absolute atomic E-state index is 12.4. The molecule has 2 aliphatic rings. The fraction of sp³-hybridized carbons (Fsp3) is 0.882. The normalized spacial score (nSPS) is 27.9. The summed E-state index contributed by atoms with van der Waals surface area (Å²) < 4.78 is 0. The Labute approximate surface area is 127 Å². The number of hydrogen-bond acceptors (Lipinski definition) is 2. The summed E-state index contributed by atoms with van der Waals surface area (Å²) in [4.78, 5) is 25.4. The summed E-state index contributed by atoms with van der Waals surface area (Å²) >= 11 is 0. The molecule has 2 atom stereocenters. The number of hydrogen-bond donors (Lipinski definition) is 1. The van der Waals surface area contributed by atoms with E-state index in [2.05, 4.69) is 11.8 Å². The van der Waals surface area contributed by atoms with Crippen LogP contribution in [-0.2, 0) is 9.59 Å². The first-order valence-corrected chi connectivity index (χ1v) is 8.64. The maximum atomic E-state index is 12.4. The second-order valence-electron chi connectivity index (χ2n) is 6.79. The zero-order valence-corrected chi connectivity index (χ0v) is 13.2. The minimum Gasteiger partial charge on any atom is -0.481 e. The van der Waals surface area contributed by atoms with Gasteiger partial charge in [0, 0.05) is 24.9 Å². The van der Waals surface area contributed by atoms with Crippen molar-refractivity contribution in [1.29, 1.82) is 0 Å². The lowest BCUT2D eigenvalue weighted by atomic mass is 9.88. The van der Waals surface area contributed by atoms with E-state index in [1.54, 1.807) is 0 Å². The molecule has 21 heavy (non-hydrogen) atoms. The van der Waals surface area contributed by atoms with Crippen LogP contribution in [0.1, 0.15) is 77.6 Å². The number of amides is 1. The van der Waals surface area contributed by atoms with E-state index in [1.807, 2.05) is 0 Å². The van der Waals surface area contributed by atoms with Crippen LogP contribution in [0.2, 0.25) is 0 Å². The molecule has 1 amide bonds. The van der Waals surface area contributed by atoms with Crippen molar-refractivity contribution in [3.63, 3.8) is 0 Å². The number of nitrogens with zero attached hydrogens (tertiary/aromatic N) is 1. The van der Waals surface area contributed by atoms with Crippen molar-refractivity contribution in [3.05, 3.63) is 0 Å². The first-order valence-electron chi connectivity index (χ1n) is 8.64. The summed E-state index contributed by atoms with van der Waals surface area (Å²) in [5.41, 5.74) is 0. The van der Waals surface area contributed by atoms with Crippen molar-refractivity contribution < 1.29 is 14.7 Å². The van der Waals surface area contributed by atoms with Gasteiger partial charge >= 0.3 is 5.97 Å². The van der Waals surface area contributed by atoms with Gasteiger partial charge in [-0.1, -0.05) is 32.6 Å². The minimum atomic E-state index is -0.699. The van der Waals surface area contributed by atoms with Crippen LogP contribution in [0, 0.1) is 5.92 Å². The number of unbranched alkanes of at least 4 members (excludes halogenated alkanes) is 4. The molecule has 0 saturated carbocycles. The SMILES string of the molecule is CCCCCCCC(=O)N1C2CCC1CC(CC(=O)O)C2. The molecule has 0 spiro atoms. The number of rotatable bonds is 8. The van der Waals surface area contributed by atoms with Crippen molar-refractivity contribution in [3.8, 4) is 0 Å². The highest BCUT2D eigenvalue weighted by Crippen LogP contribution is 2.40. The van der Waals surface area contributed by atoms with Crippen LogP contribution in [0.3, 0.4) is 0 Å². The van der Waals surface area contributed by atoms with Crippen molar-refractivity contribution in [1.82, 2.24) is 4.90 Å². The number of carboxylic acid groups (broad SMARTS) is 1. The molecular weight excluding hydrogens is 266 g/mol. The first kappa shape index (κ1) is 16.3. The molecule has 0 aromatic heterocycles. The molecule has 2 heterocycles. The van der Waals surface area contributed by atoms with E-state index in [4.69, 9.17) is 5.11 Å². The average Bonchev–Trinajstić information content (AvgIpc) is 2.69. The van der Waals surface area contributed by atoms with Gasteiger partial charge in [0.25, 0.3) is 0 Å². The van der Waals surface area contributed by atoms with E-state index >= 15 is 0 Å². The molecule has 0 aliphatic carbocycles. The number of carboxylic acids is 1. The van der Waals surface area contributed by atoms with Crippen LogP contribution < -0.4 is 0 Å². The van der Waals surface area contributed by atoms with Crippen LogP contribution >= 0.6 is 0 Å². The van der Waals surface area contributed by atoms with Crippen molar-refractivity contribution in [2.75, 3.05) is 0 Å². The summed E-state index contributed by atoms with van der Waals surface area (Å²) in [7, 11) is 0. The van der Waals surface area contributed by atoms with E-state index in [1.165, 1.54) is 19.3 Å². The van der Waals surface area contributed by atoms with Crippen molar-refractivity contribution >= 4 is 11.9 Å². The van der Waals surface area contributed by atoms with Crippen molar-refractivity contribution in [2.24, 2.45) is 5.92 Å². The first-order chi connectivity index (χ1) is 10.1.